The Morgan fingerprint density at radius 1 is 1.17 bits per heavy atom. The van der Waals surface area contributed by atoms with Crippen LogP contribution in [0.3, 0.4) is 0 Å². The van der Waals surface area contributed by atoms with Gasteiger partial charge in [-0.3, -0.25) is 4.72 Å². The number of sulfonamides is 1. The molecule has 2 rings (SSSR count). The maximum atomic E-state index is 12.4. The summed E-state index contributed by atoms with van der Waals surface area (Å²) in [6.07, 6.45) is 0. The van der Waals surface area contributed by atoms with Crippen LogP contribution in [0.5, 0.6) is 11.5 Å². The van der Waals surface area contributed by atoms with E-state index in [1.165, 1.54) is 55.5 Å². The summed E-state index contributed by atoms with van der Waals surface area (Å²) in [6.45, 7) is 4.05. The molecule has 1 N–H and O–H groups in total. The maximum Gasteiger partial charge on any atom is 0.263 e. The molecule has 0 aliphatic carbocycles. The van der Waals surface area contributed by atoms with Crippen molar-refractivity contribution in [2.24, 2.45) is 0 Å². The monoisotopic (exact) mass is 375 g/mol. The van der Waals surface area contributed by atoms with Crippen molar-refractivity contribution < 1.29 is 17.9 Å². The van der Waals surface area contributed by atoms with E-state index in [9.17, 15) is 8.42 Å². The normalized spacial score (nSPS) is 11.5. The molecule has 23 heavy (non-hydrogen) atoms. The molecule has 0 amide bonds. The van der Waals surface area contributed by atoms with E-state index < -0.39 is 10.0 Å². The second kappa shape index (κ2) is 7.37. The Kier molecular flexibility index (Phi) is 5.71. The highest BCUT2D eigenvalue weighted by Crippen LogP contribution is 2.32. The van der Waals surface area contributed by atoms with E-state index in [1.807, 2.05) is 13.8 Å². The van der Waals surface area contributed by atoms with E-state index in [0.29, 0.717) is 21.1 Å². The number of hydrogen-bond acceptors (Lipinski definition) is 8. The number of hydrogen-bond donors (Lipinski definition) is 1. The van der Waals surface area contributed by atoms with Gasteiger partial charge in [0.25, 0.3) is 10.0 Å². The SMILES string of the molecule is COc1ccc(S(=O)(=O)Nc2nnc(SC(C)C)s2)cc1OC. The molecule has 0 aliphatic rings. The minimum atomic E-state index is -3.77. The lowest BCUT2D eigenvalue weighted by molar-refractivity contribution is 0.354. The summed E-state index contributed by atoms with van der Waals surface area (Å²) < 4.78 is 38.2. The van der Waals surface area contributed by atoms with Crippen LogP contribution < -0.4 is 14.2 Å². The summed E-state index contributed by atoms with van der Waals surface area (Å²) >= 11 is 2.72. The molecule has 0 unspecified atom stereocenters. The first kappa shape index (κ1) is 17.8. The van der Waals surface area contributed by atoms with Gasteiger partial charge in [-0.25, -0.2) is 8.42 Å². The third-order valence-electron chi connectivity index (χ3n) is 2.63. The number of nitrogens with one attached hydrogen (secondary N) is 1. The summed E-state index contributed by atoms with van der Waals surface area (Å²) in [5.74, 6) is 0.793. The Morgan fingerprint density at radius 3 is 2.48 bits per heavy atom. The van der Waals surface area contributed by atoms with Gasteiger partial charge in [0.2, 0.25) is 5.13 Å². The van der Waals surface area contributed by atoms with Crippen molar-refractivity contribution in [2.75, 3.05) is 18.9 Å². The molecule has 0 bridgehead atoms. The number of anilines is 1. The summed E-state index contributed by atoms with van der Waals surface area (Å²) in [7, 11) is -0.841. The number of benzene rings is 1. The molecule has 0 spiro atoms. The lowest BCUT2D eigenvalue weighted by atomic mass is 10.3. The largest absolute Gasteiger partial charge is 0.493 e. The second-order valence-corrected chi connectivity index (χ2v) is 9.15. The van der Waals surface area contributed by atoms with Crippen molar-refractivity contribution in [3.8, 4) is 11.5 Å². The van der Waals surface area contributed by atoms with Crippen LogP contribution in [0.4, 0.5) is 5.13 Å². The molecular formula is C13H17N3O4S3. The Hall–Kier alpha value is -1.52. The van der Waals surface area contributed by atoms with Gasteiger partial charge >= 0.3 is 0 Å². The number of methoxy groups -OCH3 is 2. The van der Waals surface area contributed by atoms with Gasteiger partial charge in [0, 0.05) is 11.3 Å². The highest BCUT2D eigenvalue weighted by molar-refractivity contribution is 8.01. The van der Waals surface area contributed by atoms with Gasteiger partial charge in [0.05, 0.1) is 19.1 Å². The van der Waals surface area contributed by atoms with Crippen LogP contribution in [0.2, 0.25) is 0 Å². The van der Waals surface area contributed by atoms with Gasteiger partial charge in [-0.15, -0.1) is 10.2 Å². The van der Waals surface area contributed by atoms with Crippen LogP contribution in [0, 0.1) is 0 Å². The van der Waals surface area contributed by atoms with Crippen LogP contribution >= 0.6 is 23.1 Å². The van der Waals surface area contributed by atoms with Crippen molar-refractivity contribution in [1.82, 2.24) is 10.2 Å². The van der Waals surface area contributed by atoms with Gasteiger partial charge in [-0.1, -0.05) is 36.9 Å². The summed E-state index contributed by atoms with van der Waals surface area (Å²) in [4.78, 5) is 0.0587. The van der Waals surface area contributed by atoms with E-state index in [4.69, 9.17) is 9.47 Å². The first-order chi connectivity index (χ1) is 10.9. The molecule has 2 aromatic rings. The fraction of sp³-hybridized carbons (Fsp3) is 0.385. The maximum absolute atomic E-state index is 12.4. The van der Waals surface area contributed by atoms with Gasteiger partial charge in [-0.2, -0.15) is 0 Å². The lowest BCUT2D eigenvalue weighted by Crippen LogP contribution is -2.13. The molecule has 1 heterocycles. The molecule has 1 aromatic heterocycles. The number of nitrogens with zero attached hydrogens (tertiary/aromatic N) is 2. The number of rotatable bonds is 7. The van der Waals surface area contributed by atoms with Crippen molar-refractivity contribution in [3.05, 3.63) is 18.2 Å². The van der Waals surface area contributed by atoms with E-state index in [1.54, 1.807) is 0 Å². The fourth-order valence-corrected chi connectivity index (χ4v) is 4.88. The number of thioether (sulfide) groups is 1. The van der Waals surface area contributed by atoms with Crippen molar-refractivity contribution in [3.63, 3.8) is 0 Å². The topological polar surface area (TPSA) is 90.4 Å². The quantitative estimate of drug-likeness (QED) is 0.744. The van der Waals surface area contributed by atoms with E-state index in [2.05, 4.69) is 14.9 Å². The molecule has 0 saturated carbocycles. The van der Waals surface area contributed by atoms with Crippen LogP contribution in [0.15, 0.2) is 27.4 Å². The molecule has 0 radical (unpaired) electrons. The number of ether oxygens (including phenoxy) is 2. The Balaban J connectivity index is 2.23. The highest BCUT2D eigenvalue weighted by Gasteiger charge is 2.19. The molecule has 1 aromatic carbocycles. The molecule has 0 aliphatic heterocycles. The van der Waals surface area contributed by atoms with Crippen molar-refractivity contribution in [2.45, 2.75) is 28.3 Å². The lowest BCUT2D eigenvalue weighted by Gasteiger charge is -2.10. The molecule has 10 heteroatoms. The van der Waals surface area contributed by atoms with E-state index in [-0.39, 0.29) is 10.0 Å². The molecule has 7 nitrogen and oxygen atoms in total. The zero-order valence-corrected chi connectivity index (χ0v) is 15.5. The van der Waals surface area contributed by atoms with E-state index >= 15 is 0 Å². The van der Waals surface area contributed by atoms with E-state index in [0.717, 1.165) is 0 Å². The Morgan fingerprint density at radius 2 is 1.87 bits per heavy atom. The third kappa shape index (κ3) is 4.49. The summed E-state index contributed by atoms with van der Waals surface area (Å²) in [5, 5.41) is 8.38. The van der Waals surface area contributed by atoms with Crippen LogP contribution in [0.1, 0.15) is 13.8 Å². The standard InChI is InChI=1S/C13H17N3O4S3/c1-8(2)21-13-15-14-12(22-13)16-23(17,18)9-5-6-10(19-3)11(7-9)20-4/h5-8H,1-4H3,(H,14,16). The van der Waals surface area contributed by atoms with Crippen LogP contribution in [0.25, 0.3) is 0 Å². The fourth-order valence-electron chi connectivity index (χ4n) is 1.66. The first-order valence-electron chi connectivity index (χ1n) is 6.60. The molecule has 0 atom stereocenters. The average Bonchev–Trinajstić information content (AvgIpc) is 2.91. The summed E-state index contributed by atoms with van der Waals surface area (Å²) in [5.41, 5.74) is 0. The molecule has 0 fully saturated rings. The van der Waals surface area contributed by atoms with Crippen molar-refractivity contribution >= 4 is 38.3 Å². The van der Waals surface area contributed by atoms with Gasteiger partial charge in [0.1, 0.15) is 0 Å². The first-order valence-corrected chi connectivity index (χ1v) is 9.78. The second-order valence-electron chi connectivity index (χ2n) is 4.66. The molecule has 0 saturated heterocycles. The predicted octanol–water partition coefficient (Wildman–Crippen LogP) is 2.86. The molecule has 126 valence electrons. The molecular weight excluding hydrogens is 358 g/mol. The third-order valence-corrected chi connectivity index (χ3v) is 6.02. The zero-order chi connectivity index (χ0) is 17.0. The zero-order valence-electron chi connectivity index (χ0n) is 13.1. The van der Waals surface area contributed by atoms with Crippen LogP contribution in [-0.2, 0) is 10.0 Å². The van der Waals surface area contributed by atoms with Crippen LogP contribution in [-0.4, -0.2) is 38.1 Å². The van der Waals surface area contributed by atoms with Gasteiger partial charge < -0.3 is 9.47 Å². The minimum Gasteiger partial charge on any atom is -0.493 e. The van der Waals surface area contributed by atoms with Crippen molar-refractivity contribution in [1.29, 1.82) is 0 Å². The Labute approximate surface area is 143 Å². The predicted molar refractivity (Wildman–Crippen MR) is 91.3 cm³/mol. The number of aromatic nitrogens is 2. The smallest absolute Gasteiger partial charge is 0.263 e. The minimum absolute atomic E-state index is 0.0587. The average molecular weight is 375 g/mol. The summed E-state index contributed by atoms with van der Waals surface area (Å²) in [6, 6.07) is 4.37. The Bertz CT molecular complexity index is 775. The van der Waals surface area contributed by atoms with Gasteiger partial charge in [0.15, 0.2) is 15.8 Å². The highest BCUT2D eigenvalue weighted by atomic mass is 32.2. The van der Waals surface area contributed by atoms with Gasteiger partial charge in [-0.05, 0) is 12.1 Å².